The molecule has 0 atom stereocenters. The fourth-order valence-electron chi connectivity index (χ4n) is 0.400. The minimum Gasteiger partial charge on any atom is -0.475 e. The molecule has 0 radical (unpaired) electrons. The van der Waals surface area contributed by atoms with Crippen LogP contribution < -0.4 is 0 Å². The predicted molar refractivity (Wildman–Crippen MR) is 36.6 cm³/mol. The summed E-state index contributed by atoms with van der Waals surface area (Å²) in [4.78, 5) is 20.6. The summed E-state index contributed by atoms with van der Waals surface area (Å²) in [5.41, 5.74) is 0.146. The van der Waals surface area contributed by atoms with Gasteiger partial charge in [-0.15, -0.1) is 0 Å². The zero-order valence-electron chi connectivity index (χ0n) is 6.05. The second-order valence-electron chi connectivity index (χ2n) is 2.31. The number of carboxylic acid groups (broad SMARTS) is 1. The molecule has 0 saturated carbocycles. The van der Waals surface area contributed by atoms with Gasteiger partial charge in [0.05, 0.1) is 0 Å². The summed E-state index contributed by atoms with van der Waals surface area (Å²) in [6.45, 7) is 6.80. The number of carbonyl (C=O) groups is 2. The zero-order valence-corrected chi connectivity index (χ0v) is 6.05. The highest BCUT2D eigenvalue weighted by Crippen LogP contribution is 2.06. The van der Waals surface area contributed by atoms with Gasteiger partial charge in [0.15, 0.2) is 0 Å². The summed E-state index contributed by atoms with van der Waals surface area (Å²) >= 11 is 0. The van der Waals surface area contributed by atoms with Crippen LogP contribution in [0, 0.1) is 5.92 Å². The molecule has 0 unspecified atom stereocenters. The number of aliphatic carboxylic acids is 1. The van der Waals surface area contributed by atoms with Crippen LogP contribution in [0.1, 0.15) is 13.8 Å². The van der Waals surface area contributed by atoms with Gasteiger partial charge in [0.2, 0.25) is 0 Å². The van der Waals surface area contributed by atoms with Gasteiger partial charge in [-0.3, -0.25) is 4.79 Å². The summed E-state index contributed by atoms with van der Waals surface area (Å²) in [7, 11) is 0. The molecule has 0 aromatic carbocycles. The molecule has 0 heterocycles. The molecule has 0 aromatic heterocycles. The van der Waals surface area contributed by atoms with Gasteiger partial charge in [0.1, 0.15) is 0 Å². The van der Waals surface area contributed by atoms with Crippen molar-refractivity contribution >= 4 is 11.8 Å². The third-order valence-corrected chi connectivity index (χ3v) is 1.18. The van der Waals surface area contributed by atoms with Crippen molar-refractivity contribution in [2.24, 2.45) is 5.92 Å². The van der Waals surface area contributed by atoms with Gasteiger partial charge >= 0.3 is 5.97 Å². The lowest BCUT2D eigenvalue weighted by molar-refractivity contribution is -0.147. The fraction of sp³-hybridized carbons (Fsp3) is 0.429. The summed E-state index contributed by atoms with van der Waals surface area (Å²) < 4.78 is 0. The molecule has 1 N–H and O–H groups in total. The Morgan fingerprint density at radius 2 is 1.80 bits per heavy atom. The molecule has 3 heteroatoms. The van der Waals surface area contributed by atoms with Crippen molar-refractivity contribution in [3.05, 3.63) is 12.2 Å². The van der Waals surface area contributed by atoms with E-state index in [2.05, 4.69) is 6.58 Å². The molecule has 0 amide bonds. The Morgan fingerprint density at radius 3 is 1.90 bits per heavy atom. The summed E-state index contributed by atoms with van der Waals surface area (Å²) in [6, 6.07) is 0. The highest BCUT2D eigenvalue weighted by Gasteiger charge is 2.17. The standard InChI is InChI=1S/C7H10O3/c1-4(2)5(3)6(8)7(9)10/h4H,3H2,1-2H3,(H,9,10). The van der Waals surface area contributed by atoms with E-state index in [4.69, 9.17) is 5.11 Å². The Balaban J connectivity index is 4.24. The van der Waals surface area contributed by atoms with E-state index in [0.29, 0.717) is 0 Å². The number of hydrogen-bond donors (Lipinski definition) is 1. The molecular formula is C7H10O3. The molecule has 0 bridgehead atoms. The van der Waals surface area contributed by atoms with Crippen LogP contribution in [-0.2, 0) is 9.59 Å². The van der Waals surface area contributed by atoms with Gasteiger partial charge < -0.3 is 5.11 Å². The Bertz CT molecular complexity index is 179. The quantitative estimate of drug-likeness (QED) is 0.469. The third-order valence-electron chi connectivity index (χ3n) is 1.18. The van der Waals surface area contributed by atoms with Crippen molar-refractivity contribution < 1.29 is 14.7 Å². The Labute approximate surface area is 59.4 Å². The Kier molecular flexibility index (Phi) is 2.80. The number of carbonyl (C=O) groups excluding carboxylic acids is 1. The van der Waals surface area contributed by atoms with Crippen molar-refractivity contribution in [1.82, 2.24) is 0 Å². The van der Waals surface area contributed by atoms with E-state index in [0.717, 1.165) is 0 Å². The first-order valence-corrected chi connectivity index (χ1v) is 2.93. The lowest BCUT2D eigenvalue weighted by atomic mass is 10.0. The molecule has 3 nitrogen and oxygen atoms in total. The number of rotatable bonds is 3. The topological polar surface area (TPSA) is 54.4 Å². The first-order valence-electron chi connectivity index (χ1n) is 2.93. The number of carboxylic acids is 1. The maximum absolute atomic E-state index is 10.6. The second kappa shape index (κ2) is 3.15. The largest absolute Gasteiger partial charge is 0.475 e. The SMILES string of the molecule is C=C(C(=O)C(=O)O)C(C)C. The van der Waals surface area contributed by atoms with E-state index >= 15 is 0 Å². The lowest BCUT2D eigenvalue weighted by Crippen LogP contribution is -2.17. The van der Waals surface area contributed by atoms with E-state index in [-0.39, 0.29) is 11.5 Å². The van der Waals surface area contributed by atoms with Gasteiger partial charge in [0, 0.05) is 5.57 Å². The van der Waals surface area contributed by atoms with Crippen LogP contribution in [0.2, 0.25) is 0 Å². The predicted octanol–water partition coefficient (Wildman–Crippen LogP) is 0.852. The minimum atomic E-state index is -1.43. The van der Waals surface area contributed by atoms with Crippen LogP contribution in [0.15, 0.2) is 12.2 Å². The van der Waals surface area contributed by atoms with Gasteiger partial charge in [-0.1, -0.05) is 20.4 Å². The van der Waals surface area contributed by atoms with Crippen molar-refractivity contribution in [3.63, 3.8) is 0 Å². The van der Waals surface area contributed by atoms with Crippen LogP contribution in [0.4, 0.5) is 0 Å². The monoisotopic (exact) mass is 142 g/mol. The maximum atomic E-state index is 10.6. The molecule has 0 fully saturated rings. The smallest absolute Gasteiger partial charge is 0.376 e. The van der Waals surface area contributed by atoms with E-state index in [1.807, 2.05) is 0 Å². The van der Waals surface area contributed by atoms with E-state index < -0.39 is 11.8 Å². The van der Waals surface area contributed by atoms with E-state index in [9.17, 15) is 9.59 Å². The first-order chi connectivity index (χ1) is 4.46. The number of Topliss-reactive ketones (excluding diaryl/α,β-unsaturated/α-hetero) is 1. The average molecular weight is 142 g/mol. The van der Waals surface area contributed by atoms with Gasteiger partial charge in [0.25, 0.3) is 5.78 Å². The molecule has 0 aliphatic carbocycles. The van der Waals surface area contributed by atoms with Crippen LogP contribution in [-0.4, -0.2) is 16.9 Å². The van der Waals surface area contributed by atoms with Crippen molar-refractivity contribution in [2.75, 3.05) is 0 Å². The molecule has 0 aliphatic heterocycles. The van der Waals surface area contributed by atoms with Crippen LogP contribution in [0.3, 0.4) is 0 Å². The van der Waals surface area contributed by atoms with Crippen molar-refractivity contribution in [3.8, 4) is 0 Å². The number of ketones is 1. The van der Waals surface area contributed by atoms with Crippen LogP contribution >= 0.6 is 0 Å². The normalized spacial score (nSPS) is 9.50. The molecule has 0 spiro atoms. The third kappa shape index (κ3) is 2.01. The first kappa shape index (κ1) is 8.88. The highest BCUT2D eigenvalue weighted by atomic mass is 16.4. The minimum absolute atomic E-state index is 0.0939. The van der Waals surface area contributed by atoms with Crippen molar-refractivity contribution in [2.45, 2.75) is 13.8 Å². The Hall–Kier alpha value is -1.12. The van der Waals surface area contributed by atoms with Crippen LogP contribution in [0.5, 0.6) is 0 Å². The highest BCUT2D eigenvalue weighted by molar-refractivity contribution is 6.39. The van der Waals surface area contributed by atoms with Gasteiger partial charge in [-0.2, -0.15) is 0 Å². The zero-order chi connectivity index (χ0) is 8.31. The molecule has 10 heavy (non-hydrogen) atoms. The van der Waals surface area contributed by atoms with Crippen molar-refractivity contribution in [1.29, 1.82) is 0 Å². The van der Waals surface area contributed by atoms with Crippen LogP contribution in [0.25, 0.3) is 0 Å². The van der Waals surface area contributed by atoms with Gasteiger partial charge in [-0.25, -0.2) is 4.79 Å². The maximum Gasteiger partial charge on any atom is 0.376 e. The molecule has 0 rings (SSSR count). The lowest BCUT2D eigenvalue weighted by Gasteiger charge is -2.02. The van der Waals surface area contributed by atoms with Gasteiger partial charge in [-0.05, 0) is 5.92 Å². The summed E-state index contributed by atoms with van der Waals surface area (Å²) in [6.07, 6.45) is 0. The fourth-order valence-corrected chi connectivity index (χ4v) is 0.400. The summed E-state index contributed by atoms with van der Waals surface area (Å²) in [5, 5.41) is 8.19. The Morgan fingerprint density at radius 1 is 1.40 bits per heavy atom. The summed E-state index contributed by atoms with van der Waals surface area (Å²) in [5.74, 6) is -2.42. The molecule has 56 valence electrons. The molecular weight excluding hydrogens is 132 g/mol. The number of hydrogen-bond acceptors (Lipinski definition) is 2. The van der Waals surface area contributed by atoms with E-state index in [1.54, 1.807) is 13.8 Å². The molecule has 0 saturated heterocycles. The molecule has 0 aliphatic rings. The average Bonchev–Trinajstić information content (AvgIpc) is 1.84. The van der Waals surface area contributed by atoms with E-state index in [1.165, 1.54) is 0 Å². The molecule has 0 aromatic rings. The second-order valence-corrected chi connectivity index (χ2v) is 2.31.